The van der Waals surface area contributed by atoms with Crippen molar-refractivity contribution in [1.29, 1.82) is 0 Å². The first-order valence-electron chi connectivity index (χ1n) is 10.9. The molecule has 2 aromatic rings. The zero-order valence-corrected chi connectivity index (χ0v) is 19.8. The fraction of sp³-hybridized carbons (Fsp3) is 0.417. The molecule has 1 aliphatic heterocycles. The molecule has 3 rings (SSSR count). The van der Waals surface area contributed by atoms with Crippen LogP contribution in [0.25, 0.3) is 0 Å². The summed E-state index contributed by atoms with van der Waals surface area (Å²) in [4.78, 5) is 25.9. The Kier molecular flexibility index (Phi) is 9.41. The van der Waals surface area contributed by atoms with Crippen molar-refractivity contribution >= 4 is 35.2 Å². The highest BCUT2D eigenvalue weighted by molar-refractivity contribution is 7.99. The highest BCUT2D eigenvalue weighted by Crippen LogP contribution is 2.22. The van der Waals surface area contributed by atoms with E-state index in [9.17, 15) is 9.59 Å². The van der Waals surface area contributed by atoms with Crippen LogP contribution in [-0.4, -0.2) is 48.3 Å². The van der Waals surface area contributed by atoms with Crippen LogP contribution in [0.3, 0.4) is 0 Å². The molecule has 1 heterocycles. The summed E-state index contributed by atoms with van der Waals surface area (Å²) in [6.45, 7) is 2.21. The first-order valence-corrected chi connectivity index (χ1v) is 12.3. The van der Waals surface area contributed by atoms with Crippen molar-refractivity contribution < 1.29 is 9.59 Å². The van der Waals surface area contributed by atoms with E-state index < -0.39 is 6.04 Å². The molecule has 0 aromatic heterocycles. The largest absolute Gasteiger partial charge is 0.351 e. The maximum Gasteiger partial charge on any atom is 0.237 e. The Bertz CT molecular complexity index is 879. The quantitative estimate of drug-likeness (QED) is 0.397. The molecule has 6 nitrogen and oxygen atoms in total. The van der Waals surface area contributed by atoms with Crippen LogP contribution in [-0.2, 0) is 16.0 Å². The zero-order chi connectivity index (χ0) is 22.9. The SMILES string of the molecule is C[C@@H](N)C(=O)N[C@@H]1CN[C@@H](C(=O)N[C@H](CCc2ccccc2)CSc2ccc(Cl)cc2)C1. The van der Waals surface area contributed by atoms with E-state index >= 15 is 0 Å². The van der Waals surface area contributed by atoms with Gasteiger partial charge in [-0.05, 0) is 56.0 Å². The van der Waals surface area contributed by atoms with Crippen molar-refractivity contribution in [3.63, 3.8) is 0 Å². The number of nitrogens with two attached hydrogens (primary N) is 1. The van der Waals surface area contributed by atoms with Gasteiger partial charge in [-0.25, -0.2) is 0 Å². The molecular formula is C24H31ClN4O2S. The van der Waals surface area contributed by atoms with Crippen LogP contribution < -0.4 is 21.7 Å². The van der Waals surface area contributed by atoms with Crippen LogP contribution in [0.1, 0.15) is 25.3 Å². The first kappa shape index (κ1) is 24.6. The Morgan fingerprint density at radius 2 is 1.91 bits per heavy atom. The lowest BCUT2D eigenvalue weighted by molar-refractivity contribution is -0.124. The Labute approximate surface area is 199 Å². The van der Waals surface area contributed by atoms with E-state index in [-0.39, 0.29) is 29.9 Å². The van der Waals surface area contributed by atoms with Crippen molar-refractivity contribution in [2.75, 3.05) is 12.3 Å². The number of nitrogens with one attached hydrogen (secondary N) is 3. The Morgan fingerprint density at radius 3 is 2.59 bits per heavy atom. The lowest BCUT2D eigenvalue weighted by Crippen LogP contribution is -2.46. The maximum atomic E-state index is 13.0. The second-order valence-corrected chi connectivity index (χ2v) is 9.72. The van der Waals surface area contributed by atoms with Gasteiger partial charge >= 0.3 is 0 Å². The Morgan fingerprint density at radius 1 is 1.19 bits per heavy atom. The van der Waals surface area contributed by atoms with Crippen LogP contribution in [0.2, 0.25) is 5.02 Å². The molecule has 1 saturated heterocycles. The standard InChI is InChI=1S/C24H31ClN4O2S/c1-16(26)23(30)29-20-13-22(27-14-20)24(31)28-19(10-7-17-5-3-2-4-6-17)15-32-21-11-8-18(25)9-12-21/h2-6,8-9,11-12,16,19-20,22,27H,7,10,13-15,26H2,1H3,(H,28,31)(H,29,30)/t16-,19-,20+,22-/m1/s1. The summed E-state index contributed by atoms with van der Waals surface area (Å²) >= 11 is 7.69. The second-order valence-electron chi connectivity index (χ2n) is 8.19. The maximum absolute atomic E-state index is 13.0. The minimum absolute atomic E-state index is 0.0166. The van der Waals surface area contributed by atoms with Gasteiger partial charge < -0.3 is 21.7 Å². The van der Waals surface area contributed by atoms with Crippen LogP contribution in [0.15, 0.2) is 59.5 Å². The highest BCUT2D eigenvalue weighted by Gasteiger charge is 2.31. The van der Waals surface area contributed by atoms with Crippen molar-refractivity contribution in [1.82, 2.24) is 16.0 Å². The smallest absolute Gasteiger partial charge is 0.237 e. The lowest BCUT2D eigenvalue weighted by Gasteiger charge is -2.21. The predicted molar refractivity (Wildman–Crippen MR) is 131 cm³/mol. The molecular weight excluding hydrogens is 444 g/mol. The molecule has 2 amide bonds. The van der Waals surface area contributed by atoms with Crippen LogP contribution >= 0.6 is 23.4 Å². The molecule has 32 heavy (non-hydrogen) atoms. The van der Waals surface area contributed by atoms with E-state index in [1.54, 1.807) is 18.7 Å². The number of aryl methyl sites for hydroxylation is 1. The number of carbonyl (C=O) groups is 2. The number of rotatable bonds is 10. The molecule has 0 bridgehead atoms. The summed E-state index contributed by atoms with van der Waals surface area (Å²) in [5.74, 6) is 0.535. The fourth-order valence-corrected chi connectivity index (χ4v) is 4.69. The molecule has 0 radical (unpaired) electrons. The zero-order valence-electron chi connectivity index (χ0n) is 18.2. The minimum atomic E-state index is -0.560. The van der Waals surface area contributed by atoms with Crippen LogP contribution in [0.4, 0.5) is 0 Å². The van der Waals surface area contributed by atoms with Gasteiger partial charge in [-0.15, -0.1) is 11.8 Å². The molecule has 1 fully saturated rings. The summed E-state index contributed by atoms with van der Waals surface area (Å²) in [7, 11) is 0. The van der Waals surface area contributed by atoms with Gasteiger partial charge in [0.2, 0.25) is 11.8 Å². The summed E-state index contributed by atoms with van der Waals surface area (Å²) in [5, 5.41) is 10.0. The molecule has 0 spiro atoms. The van der Waals surface area contributed by atoms with Crippen LogP contribution in [0.5, 0.6) is 0 Å². The molecule has 0 unspecified atom stereocenters. The monoisotopic (exact) mass is 474 g/mol. The average molecular weight is 475 g/mol. The molecule has 172 valence electrons. The second kappa shape index (κ2) is 12.3. The predicted octanol–water partition coefficient (Wildman–Crippen LogP) is 2.74. The van der Waals surface area contributed by atoms with Crippen molar-refractivity contribution in [3.8, 4) is 0 Å². The third-order valence-corrected chi connectivity index (χ3v) is 6.87. The van der Waals surface area contributed by atoms with Gasteiger partial charge in [0.15, 0.2) is 0 Å². The van der Waals surface area contributed by atoms with Gasteiger partial charge in [-0.2, -0.15) is 0 Å². The summed E-state index contributed by atoms with van der Waals surface area (Å²) < 4.78 is 0. The van der Waals surface area contributed by atoms with Gasteiger partial charge in [0.05, 0.1) is 12.1 Å². The lowest BCUT2D eigenvalue weighted by atomic mass is 10.1. The number of hydrogen-bond donors (Lipinski definition) is 4. The first-order chi connectivity index (χ1) is 15.4. The number of carbonyl (C=O) groups excluding carboxylic acids is 2. The minimum Gasteiger partial charge on any atom is -0.351 e. The molecule has 0 saturated carbocycles. The number of hydrogen-bond acceptors (Lipinski definition) is 5. The van der Waals surface area contributed by atoms with E-state index in [2.05, 4.69) is 28.1 Å². The number of thioether (sulfide) groups is 1. The van der Waals surface area contributed by atoms with Crippen molar-refractivity contribution in [2.24, 2.45) is 5.73 Å². The molecule has 1 aliphatic rings. The number of benzene rings is 2. The van der Waals surface area contributed by atoms with Gasteiger partial charge in [0, 0.05) is 34.3 Å². The van der Waals surface area contributed by atoms with E-state index in [1.165, 1.54) is 5.56 Å². The molecule has 5 N–H and O–H groups in total. The van der Waals surface area contributed by atoms with E-state index in [0.29, 0.717) is 18.0 Å². The molecule has 0 aliphatic carbocycles. The van der Waals surface area contributed by atoms with E-state index in [0.717, 1.165) is 23.5 Å². The Balaban J connectivity index is 1.56. The van der Waals surface area contributed by atoms with Gasteiger partial charge in [-0.3, -0.25) is 9.59 Å². The molecule has 4 atom stereocenters. The summed E-state index contributed by atoms with van der Waals surface area (Å²) in [6, 6.07) is 17.1. The summed E-state index contributed by atoms with van der Waals surface area (Å²) in [6.07, 6.45) is 2.28. The molecule has 8 heteroatoms. The number of halogens is 1. The molecule has 2 aromatic carbocycles. The van der Waals surface area contributed by atoms with Gasteiger partial charge in [-0.1, -0.05) is 41.9 Å². The third-order valence-electron chi connectivity index (χ3n) is 5.44. The van der Waals surface area contributed by atoms with E-state index in [4.69, 9.17) is 17.3 Å². The normalized spacial score (nSPS) is 19.8. The average Bonchev–Trinajstić information content (AvgIpc) is 3.26. The fourth-order valence-electron chi connectivity index (χ4n) is 3.59. The number of amides is 2. The highest BCUT2D eigenvalue weighted by atomic mass is 35.5. The topological polar surface area (TPSA) is 96.2 Å². The van der Waals surface area contributed by atoms with Crippen molar-refractivity contribution in [2.45, 2.75) is 55.2 Å². The Hall–Kier alpha value is -2.06. The van der Waals surface area contributed by atoms with Crippen LogP contribution in [0, 0.1) is 0 Å². The third kappa shape index (κ3) is 7.81. The van der Waals surface area contributed by atoms with E-state index in [1.807, 2.05) is 42.5 Å². The summed E-state index contributed by atoms with van der Waals surface area (Å²) in [5.41, 5.74) is 6.87. The van der Waals surface area contributed by atoms with Gasteiger partial charge in [0.25, 0.3) is 0 Å². The van der Waals surface area contributed by atoms with Crippen molar-refractivity contribution in [3.05, 3.63) is 65.2 Å². The van der Waals surface area contributed by atoms with Gasteiger partial charge in [0.1, 0.15) is 0 Å².